The fourth-order valence-corrected chi connectivity index (χ4v) is 3.11. The van der Waals surface area contributed by atoms with Crippen LogP contribution in [-0.4, -0.2) is 37.7 Å². The van der Waals surface area contributed by atoms with Crippen LogP contribution in [0.2, 0.25) is 0 Å². The van der Waals surface area contributed by atoms with Crippen molar-refractivity contribution >= 4 is 40.4 Å². The van der Waals surface area contributed by atoms with Crippen molar-refractivity contribution in [1.29, 1.82) is 0 Å². The lowest BCUT2D eigenvalue weighted by Crippen LogP contribution is -2.16. The zero-order valence-corrected chi connectivity index (χ0v) is 16.3. The van der Waals surface area contributed by atoms with Gasteiger partial charge in [-0.3, -0.25) is 19.7 Å². The molecule has 156 valence electrons. The van der Waals surface area contributed by atoms with Crippen LogP contribution < -0.4 is 16.4 Å². The molecule has 31 heavy (non-hydrogen) atoms. The van der Waals surface area contributed by atoms with E-state index in [-0.39, 0.29) is 35.2 Å². The fourth-order valence-electron chi connectivity index (χ4n) is 3.11. The first kappa shape index (κ1) is 19.8. The molecule has 0 spiro atoms. The molecule has 0 saturated carbocycles. The highest BCUT2D eigenvalue weighted by Gasteiger charge is 2.19. The van der Waals surface area contributed by atoms with Gasteiger partial charge >= 0.3 is 0 Å². The molecule has 0 atom stereocenters. The van der Waals surface area contributed by atoms with Gasteiger partial charge in [-0.25, -0.2) is 9.97 Å². The third kappa shape index (κ3) is 4.58. The maximum atomic E-state index is 12.8. The van der Waals surface area contributed by atoms with E-state index in [0.717, 1.165) is 5.56 Å². The molecule has 0 aliphatic carbocycles. The molecule has 10 nitrogen and oxygen atoms in total. The number of aromatic amines is 2. The summed E-state index contributed by atoms with van der Waals surface area (Å²) in [4.78, 5) is 50.4. The molecular formula is C21H19N7O3. The summed E-state index contributed by atoms with van der Waals surface area (Å²) in [5.41, 5.74) is 7.53. The Labute approximate surface area is 176 Å². The number of imidazole rings is 2. The number of fused-ring (bicyclic) bond motifs is 1. The van der Waals surface area contributed by atoms with E-state index in [9.17, 15) is 14.4 Å². The van der Waals surface area contributed by atoms with Crippen molar-refractivity contribution in [2.24, 2.45) is 5.73 Å². The van der Waals surface area contributed by atoms with Crippen LogP contribution in [0.1, 0.15) is 33.0 Å². The van der Waals surface area contributed by atoms with Crippen molar-refractivity contribution in [3.63, 3.8) is 0 Å². The normalized spacial score (nSPS) is 10.7. The van der Waals surface area contributed by atoms with E-state index >= 15 is 0 Å². The minimum absolute atomic E-state index is 0.0883. The van der Waals surface area contributed by atoms with Gasteiger partial charge in [-0.2, -0.15) is 0 Å². The van der Waals surface area contributed by atoms with Crippen molar-refractivity contribution < 1.29 is 14.4 Å². The molecule has 0 saturated heterocycles. The molecule has 4 aromatic rings. The Morgan fingerprint density at radius 3 is 2.58 bits per heavy atom. The van der Waals surface area contributed by atoms with Gasteiger partial charge in [0.25, 0.3) is 11.8 Å². The maximum Gasteiger partial charge on any atom is 0.284 e. The van der Waals surface area contributed by atoms with Crippen molar-refractivity contribution in [3.05, 3.63) is 71.8 Å². The average molecular weight is 417 g/mol. The highest BCUT2D eigenvalue weighted by atomic mass is 16.2. The highest BCUT2D eigenvalue weighted by Crippen LogP contribution is 2.24. The predicted octanol–water partition coefficient (Wildman–Crippen LogP) is 2.21. The Morgan fingerprint density at radius 2 is 1.87 bits per heavy atom. The van der Waals surface area contributed by atoms with E-state index in [1.54, 1.807) is 12.3 Å². The number of primary amides is 1. The summed E-state index contributed by atoms with van der Waals surface area (Å²) in [6.45, 7) is 0. The summed E-state index contributed by atoms with van der Waals surface area (Å²) in [5.74, 6) is -1.32. The largest absolute Gasteiger partial charge is 0.363 e. The van der Waals surface area contributed by atoms with Crippen LogP contribution >= 0.6 is 0 Å². The third-order valence-electron chi connectivity index (χ3n) is 4.56. The quantitative estimate of drug-likeness (QED) is 0.311. The smallest absolute Gasteiger partial charge is 0.284 e. The Hall–Kier alpha value is -4.47. The predicted molar refractivity (Wildman–Crippen MR) is 115 cm³/mol. The zero-order valence-electron chi connectivity index (χ0n) is 16.3. The molecule has 0 aliphatic heterocycles. The monoisotopic (exact) mass is 417 g/mol. The Morgan fingerprint density at radius 1 is 1.06 bits per heavy atom. The molecule has 0 radical (unpaired) electrons. The van der Waals surface area contributed by atoms with Crippen LogP contribution in [0.4, 0.5) is 11.6 Å². The summed E-state index contributed by atoms with van der Waals surface area (Å²) >= 11 is 0. The Balaban J connectivity index is 1.59. The lowest BCUT2D eigenvalue weighted by molar-refractivity contribution is -0.116. The first-order valence-corrected chi connectivity index (χ1v) is 9.47. The van der Waals surface area contributed by atoms with Crippen molar-refractivity contribution in [3.8, 4) is 0 Å². The summed E-state index contributed by atoms with van der Waals surface area (Å²) in [6.07, 6.45) is 3.91. The van der Waals surface area contributed by atoms with Gasteiger partial charge in [0.2, 0.25) is 11.9 Å². The van der Waals surface area contributed by atoms with Crippen LogP contribution in [0, 0.1) is 0 Å². The van der Waals surface area contributed by atoms with E-state index in [4.69, 9.17) is 5.73 Å². The second-order valence-electron chi connectivity index (χ2n) is 6.80. The molecule has 3 amide bonds. The summed E-state index contributed by atoms with van der Waals surface area (Å²) in [7, 11) is 0. The maximum absolute atomic E-state index is 12.8. The number of aryl methyl sites for hydroxylation is 1. The van der Waals surface area contributed by atoms with Gasteiger partial charge in [0.05, 0.1) is 11.1 Å². The number of amides is 3. The summed E-state index contributed by atoms with van der Waals surface area (Å²) < 4.78 is 0. The SMILES string of the molecule is NC(=O)c1nc2c(C(=O)Nc3ncc[nH]3)cc(NC(=O)CCc3ccccc3)cc2[nH]1. The summed E-state index contributed by atoms with van der Waals surface area (Å²) in [6, 6.07) is 12.7. The van der Waals surface area contributed by atoms with Gasteiger partial charge in [-0.05, 0) is 24.1 Å². The number of hydrogen-bond donors (Lipinski definition) is 5. The molecule has 0 fully saturated rings. The number of nitrogens with zero attached hydrogens (tertiary/aromatic N) is 2. The molecule has 2 heterocycles. The molecule has 0 aliphatic rings. The summed E-state index contributed by atoms with van der Waals surface area (Å²) in [5, 5.41) is 5.40. The number of nitrogens with two attached hydrogens (primary N) is 1. The van der Waals surface area contributed by atoms with Gasteiger partial charge in [-0.1, -0.05) is 30.3 Å². The van der Waals surface area contributed by atoms with E-state index in [1.807, 2.05) is 30.3 Å². The van der Waals surface area contributed by atoms with Crippen LogP contribution in [0.25, 0.3) is 11.0 Å². The van der Waals surface area contributed by atoms with Gasteiger partial charge in [0.15, 0.2) is 5.82 Å². The van der Waals surface area contributed by atoms with E-state index < -0.39 is 11.8 Å². The molecule has 10 heteroatoms. The first-order chi connectivity index (χ1) is 15.0. The van der Waals surface area contributed by atoms with Gasteiger partial charge in [0, 0.05) is 24.5 Å². The molecule has 4 rings (SSSR count). The van der Waals surface area contributed by atoms with E-state index in [1.165, 1.54) is 12.3 Å². The molecule has 2 aromatic carbocycles. The first-order valence-electron chi connectivity index (χ1n) is 9.47. The fraction of sp³-hybridized carbons (Fsp3) is 0.0952. The van der Waals surface area contributed by atoms with E-state index in [0.29, 0.717) is 17.6 Å². The van der Waals surface area contributed by atoms with Crippen LogP contribution in [-0.2, 0) is 11.2 Å². The number of carbonyl (C=O) groups excluding carboxylic acids is 3. The third-order valence-corrected chi connectivity index (χ3v) is 4.56. The number of anilines is 2. The van der Waals surface area contributed by atoms with Gasteiger partial charge in [0.1, 0.15) is 5.52 Å². The Kier molecular flexibility index (Phi) is 5.43. The number of benzene rings is 2. The van der Waals surface area contributed by atoms with Crippen molar-refractivity contribution in [1.82, 2.24) is 19.9 Å². The molecule has 2 aromatic heterocycles. The van der Waals surface area contributed by atoms with Crippen LogP contribution in [0.15, 0.2) is 54.9 Å². The molecular weight excluding hydrogens is 398 g/mol. The van der Waals surface area contributed by atoms with Gasteiger partial charge in [-0.15, -0.1) is 0 Å². The topological polar surface area (TPSA) is 159 Å². The van der Waals surface area contributed by atoms with Crippen molar-refractivity contribution in [2.75, 3.05) is 10.6 Å². The number of aromatic nitrogens is 4. The lowest BCUT2D eigenvalue weighted by Gasteiger charge is -2.09. The molecule has 0 bridgehead atoms. The van der Waals surface area contributed by atoms with Crippen LogP contribution in [0.3, 0.4) is 0 Å². The van der Waals surface area contributed by atoms with Gasteiger partial charge < -0.3 is 21.0 Å². The molecule has 6 N–H and O–H groups in total. The second-order valence-corrected chi connectivity index (χ2v) is 6.80. The van der Waals surface area contributed by atoms with E-state index in [2.05, 4.69) is 30.6 Å². The minimum atomic E-state index is -0.762. The number of rotatable bonds is 7. The Bertz CT molecular complexity index is 1250. The number of H-pyrrole nitrogens is 2. The standard InChI is InChI=1S/C21H19N7O3/c22-18(30)19-26-15-11-13(25-16(29)7-6-12-4-2-1-3-5-12)10-14(17(15)27-19)20(31)28-21-23-8-9-24-21/h1-5,8-11H,6-7H2,(H2,22,30)(H,25,29)(H,26,27)(H2,23,24,28,31). The zero-order chi connectivity index (χ0) is 21.8. The van der Waals surface area contributed by atoms with Crippen molar-refractivity contribution in [2.45, 2.75) is 12.8 Å². The van der Waals surface area contributed by atoms with Crippen LogP contribution in [0.5, 0.6) is 0 Å². The second kappa shape index (κ2) is 8.49. The average Bonchev–Trinajstić information content (AvgIpc) is 3.42. The number of nitrogens with one attached hydrogen (secondary N) is 4. The number of carbonyl (C=O) groups is 3. The highest BCUT2D eigenvalue weighted by molar-refractivity contribution is 6.13. The number of hydrogen-bond acceptors (Lipinski definition) is 5. The minimum Gasteiger partial charge on any atom is -0.363 e. The molecule has 0 unspecified atom stereocenters. The lowest BCUT2D eigenvalue weighted by atomic mass is 10.1.